The highest BCUT2D eigenvalue weighted by molar-refractivity contribution is 6.07. The monoisotopic (exact) mass is 662 g/mol. The van der Waals surface area contributed by atoms with Crippen LogP contribution >= 0.6 is 0 Å². The number of aromatic nitrogens is 2. The maximum Gasteiger partial charge on any atom is 0.0701 e. The van der Waals surface area contributed by atoms with Crippen LogP contribution in [0.2, 0.25) is 0 Å². The molecule has 0 aliphatic carbocycles. The molecule has 0 N–H and O–H groups in total. The molecular formula is C50H34N2. The van der Waals surface area contributed by atoms with Crippen molar-refractivity contribution in [1.82, 2.24) is 9.97 Å². The van der Waals surface area contributed by atoms with Crippen molar-refractivity contribution < 1.29 is 0 Å². The van der Waals surface area contributed by atoms with E-state index >= 15 is 0 Å². The Kier molecular flexibility index (Phi) is 8.24. The van der Waals surface area contributed by atoms with E-state index in [-0.39, 0.29) is 0 Å². The van der Waals surface area contributed by atoms with E-state index in [4.69, 9.17) is 0 Å². The van der Waals surface area contributed by atoms with Gasteiger partial charge in [0.25, 0.3) is 0 Å². The third-order valence-corrected chi connectivity index (χ3v) is 9.81. The van der Waals surface area contributed by atoms with Crippen molar-refractivity contribution in [2.24, 2.45) is 0 Å². The van der Waals surface area contributed by atoms with Gasteiger partial charge in [-0.05, 0) is 115 Å². The van der Waals surface area contributed by atoms with Crippen molar-refractivity contribution in [3.05, 3.63) is 207 Å². The molecule has 7 aromatic carbocycles. The molecule has 0 aliphatic rings. The number of benzene rings is 7. The van der Waals surface area contributed by atoms with E-state index in [0.717, 1.165) is 22.5 Å². The SMILES string of the molecule is c1ccc(-c2cc(-c3ccccc3)cc(-c3ccc4c(-c5ccc(-c6ccccn6)cc5)ccc(-c5ccc(-c6ccccn6)cc5)c4c3)c2)cc1. The van der Waals surface area contributed by atoms with Gasteiger partial charge in [-0.15, -0.1) is 0 Å². The van der Waals surface area contributed by atoms with Gasteiger partial charge in [-0.25, -0.2) is 0 Å². The zero-order valence-electron chi connectivity index (χ0n) is 28.5. The molecular weight excluding hydrogens is 629 g/mol. The zero-order chi connectivity index (χ0) is 34.7. The highest BCUT2D eigenvalue weighted by Gasteiger charge is 2.14. The zero-order valence-corrected chi connectivity index (χ0v) is 28.5. The van der Waals surface area contributed by atoms with E-state index in [1.54, 1.807) is 0 Å². The summed E-state index contributed by atoms with van der Waals surface area (Å²) in [4.78, 5) is 9.13. The third kappa shape index (κ3) is 6.19. The fourth-order valence-electron chi connectivity index (χ4n) is 7.13. The first-order valence-corrected chi connectivity index (χ1v) is 17.6. The highest BCUT2D eigenvalue weighted by Crippen LogP contribution is 2.40. The topological polar surface area (TPSA) is 25.8 Å². The van der Waals surface area contributed by atoms with E-state index < -0.39 is 0 Å². The van der Waals surface area contributed by atoms with E-state index in [2.05, 4.69) is 180 Å². The van der Waals surface area contributed by atoms with Gasteiger partial charge in [0.05, 0.1) is 11.4 Å². The van der Waals surface area contributed by atoms with Gasteiger partial charge in [-0.3, -0.25) is 9.97 Å². The molecule has 9 aromatic rings. The Labute approximate surface area is 304 Å². The lowest BCUT2D eigenvalue weighted by atomic mass is 9.88. The Bertz CT molecular complexity index is 2560. The van der Waals surface area contributed by atoms with Crippen LogP contribution in [0.4, 0.5) is 0 Å². The molecule has 0 unspecified atom stereocenters. The second-order valence-electron chi connectivity index (χ2n) is 13.0. The molecule has 2 aromatic heterocycles. The van der Waals surface area contributed by atoms with Crippen LogP contribution in [0.15, 0.2) is 207 Å². The number of hydrogen-bond acceptors (Lipinski definition) is 2. The highest BCUT2D eigenvalue weighted by atomic mass is 14.7. The van der Waals surface area contributed by atoms with E-state index in [9.17, 15) is 0 Å². The van der Waals surface area contributed by atoms with Crippen LogP contribution in [0.1, 0.15) is 0 Å². The molecule has 0 atom stereocenters. The van der Waals surface area contributed by atoms with Gasteiger partial charge >= 0.3 is 0 Å². The molecule has 0 bridgehead atoms. The van der Waals surface area contributed by atoms with Gasteiger partial charge in [-0.2, -0.15) is 0 Å². The first-order chi connectivity index (χ1) is 25.8. The summed E-state index contributed by atoms with van der Waals surface area (Å²) in [5.41, 5.74) is 16.0. The number of pyridine rings is 2. The molecule has 0 saturated carbocycles. The van der Waals surface area contributed by atoms with Crippen LogP contribution in [-0.2, 0) is 0 Å². The minimum Gasteiger partial charge on any atom is -0.256 e. The lowest BCUT2D eigenvalue weighted by molar-refractivity contribution is 1.33. The summed E-state index contributed by atoms with van der Waals surface area (Å²) in [5.74, 6) is 0. The van der Waals surface area contributed by atoms with E-state index in [1.165, 1.54) is 66.4 Å². The molecule has 2 heterocycles. The maximum absolute atomic E-state index is 4.57. The van der Waals surface area contributed by atoms with Crippen LogP contribution in [0.3, 0.4) is 0 Å². The molecule has 0 amide bonds. The quantitative estimate of drug-likeness (QED) is 0.170. The molecule has 0 saturated heterocycles. The average Bonchev–Trinajstić information content (AvgIpc) is 3.24. The Balaban J connectivity index is 1.21. The fraction of sp³-hybridized carbons (Fsp3) is 0. The summed E-state index contributed by atoms with van der Waals surface area (Å²) in [6, 6.07) is 69.4. The molecule has 9 rings (SSSR count). The Morgan fingerprint density at radius 1 is 0.231 bits per heavy atom. The van der Waals surface area contributed by atoms with Crippen molar-refractivity contribution >= 4 is 10.8 Å². The lowest BCUT2D eigenvalue weighted by Crippen LogP contribution is -1.90. The minimum atomic E-state index is 0.971. The number of hydrogen-bond donors (Lipinski definition) is 0. The Morgan fingerprint density at radius 3 is 1.10 bits per heavy atom. The van der Waals surface area contributed by atoms with E-state index in [1.807, 2.05) is 36.7 Å². The molecule has 2 nitrogen and oxygen atoms in total. The molecule has 0 aliphatic heterocycles. The van der Waals surface area contributed by atoms with Gasteiger partial charge in [-0.1, -0.05) is 146 Å². The Morgan fingerprint density at radius 2 is 0.635 bits per heavy atom. The summed E-state index contributed by atoms with van der Waals surface area (Å²) in [5, 5.41) is 2.42. The van der Waals surface area contributed by atoms with Crippen molar-refractivity contribution in [2.75, 3.05) is 0 Å². The van der Waals surface area contributed by atoms with Crippen molar-refractivity contribution in [2.45, 2.75) is 0 Å². The summed E-state index contributed by atoms with van der Waals surface area (Å²) in [7, 11) is 0. The number of nitrogens with zero attached hydrogens (tertiary/aromatic N) is 2. The Hall–Kier alpha value is -6.90. The van der Waals surface area contributed by atoms with Gasteiger partial charge < -0.3 is 0 Å². The molecule has 2 heteroatoms. The van der Waals surface area contributed by atoms with Crippen LogP contribution in [0.5, 0.6) is 0 Å². The molecule has 52 heavy (non-hydrogen) atoms. The van der Waals surface area contributed by atoms with Gasteiger partial charge in [0.2, 0.25) is 0 Å². The molecule has 0 radical (unpaired) electrons. The van der Waals surface area contributed by atoms with Gasteiger partial charge in [0, 0.05) is 23.5 Å². The van der Waals surface area contributed by atoms with Crippen molar-refractivity contribution in [3.8, 4) is 78.1 Å². The third-order valence-electron chi connectivity index (χ3n) is 9.81. The normalized spacial score (nSPS) is 11.1. The van der Waals surface area contributed by atoms with Crippen LogP contribution < -0.4 is 0 Å². The number of rotatable bonds is 7. The fourth-order valence-corrected chi connectivity index (χ4v) is 7.13. The first kappa shape index (κ1) is 31.1. The van der Waals surface area contributed by atoms with Gasteiger partial charge in [0.1, 0.15) is 0 Å². The van der Waals surface area contributed by atoms with Crippen LogP contribution in [0.25, 0.3) is 88.9 Å². The second kappa shape index (κ2) is 13.8. The summed E-state index contributed by atoms with van der Waals surface area (Å²) in [6.45, 7) is 0. The molecule has 244 valence electrons. The molecule has 0 fully saturated rings. The average molecular weight is 663 g/mol. The lowest BCUT2D eigenvalue weighted by Gasteiger charge is -2.16. The maximum atomic E-state index is 4.57. The standard InChI is InChI=1S/C50H34N2/c1-3-11-35(12-4-1)42-31-43(36-13-5-2-6-14-36)33-44(32-42)41-25-26-47-45(37-17-21-39(22-18-37)49-15-7-9-29-51-49)27-28-46(48(47)34-41)38-19-23-40(24-20-38)50-16-8-10-30-52-50/h1-34H. The predicted octanol–water partition coefficient (Wildman–Crippen LogP) is 13.3. The first-order valence-electron chi connectivity index (χ1n) is 17.6. The largest absolute Gasteiger partial charge is 0.256 e. The van der Waals surface area contributed by atoms with Crippen molar-refractivity contribution in [1.29, 1.82) is 0 Å². The molecule has 0 spiro atoms. The van der Waals surface area contributed by atoms with Gasteiger partial charge in [0.15, 0.2) is 0 Å². The second-order valence-corrected chi connectivity index (χ2v) is 13.0. The summed E-state index contributed by atoms with van der Waals surface area (Å²) >= 11 is 0. The minimum absolute atomic E-state index is 0.971. The smallest absolute Gasteiger partial charge is 0.0701 e. The summed E-state index contributed by atoms with van der Waals surface area (Å²) < 4.78 is 0. The number of fused-ring (bicyclic) bond motifs is 1. The van der Waals surface area contributed by atoms with Crippen LogP contribution in [-0.4, -0.2) is 9.97 Å². The summed E-state index contributed by atoms with van der Waals surface area (Å²) in [6.07, 6.45) is 3.68. The van der Waals surface area contributed by atoms with Crippen molar-refractivity contribution in [3.63, 3.8) is 0 Å². The van der Waals surface area contributed by atoms with E-state index in [0.29, 0.717) is 0 Å². The van der Waals surface area contributed by atoms with Crippen LogP contribution in [0, 0.1) is 0 Å². The predicted molar refractivity (Wildman–Crippen MR) is 218 cm³/mol.